The Hall–Kier alpha value is -2.77. The lowest BCUT2D eigenvalue weighted by Crippen LogP contribution is -1.95. The second kappa shape index (κ2) is 5.94. The van der Waals surface area contributed by atoms with E-state index < -0.39 is 11.8 Å². The van der Waals surface area contributed by atoms with Crippen molar-refractivity contribution in [1.82, 2.24) is 14.5 Å². The zero-order valence-electron chi connectivity index (χ0n) is 12.5. The van der Waals surface area contributed by atoms with Gasteiger partial charge in [0.2, 0.25) is 0 Å². The molecule has 0 spiro atoms. The number of rotatable bonds is 3. The third-order valence-electron chi connectivity index (χ3n) is 3.65. The Morgan fingerprint density at radius 3 is 2.72 bits per heavy atom. The quantitative estimate of drug-likeness (QED) is 0.568. The summed E-state index contributed by atoms with van der Waals surface area (Å²) < 4.78 is 15.4. The molecule has 0 bridgehead atoms. The SMILES string of the molecule is O=C(O)c1sc(-n2cnc3cc(Cl)c(F)cc32)nc1-c1ccccc1. The first-order valence-electron chi connectivity index (χ1n) is 7.16. The van der Waals surface area contributed by atoms with Gasteiger partial charge in [0.1, 0.15) is 17.0 Å². The summed E-state index contributed by atoms with van der Waals surface area (Å²) in [4.78, 5) is 20.4. The van der Waals surface area contributed by atoms with Gasteiger partial charge in [-0.1, -0.05) is 53.3 Å². The number of aromatic nitrogens is 3. The van der Waals surface area contributed by atoms with Crippen LogP contribution in [0.5, 0.6) is 0 Å². The maximum Gasteiger partial charge on any atom is 0.348 e. The standard InChI is InChI=1S/C17H9ClFN3O2S/c18-10-6-12-13(7-11(10)19)22(8-20-12)17-21-14(15(25-17)16(23)24)9-4-2-1-3-5-9/h1-8H,(H,23,24). The van der Waals surface area contributed by atoms with Crippen LogP contribution in [0.1, 0.15) is 9.67 Å². The second-order valence-electron chi connectivity index (χ2n) is 5.21. The van der Waals surface area contributed by atoms with Crippen LogP contribution < -0.4 is 0 Å². The molecule has 0 aliphatic carbocycles. The third-order valence-corrected chi connectivity index (χ3v) is 4.99. The molecular formula is C17H9ClFN3O2S. The molecule has 0 saturated heterocycles. The van der Waals surface area contributed by atoms with Crippen molar-refractivity contribution < 1.29 is 14.3 Å². The number of carboxylic acids is 1. The topological polar surface area (TPSA) is 68.0 Å². The normalized spacial score (nSPS) is 11.1. The first-order valence-corrected chi connectivity index (χ1v) is 8.36. The van der Waals surface area contributed by atoms with Gasteiger partial charge in [0.25, 0.3) is 0 Å². The summed E-state index contributed by atoms with van der Waals surface area (Å²) in [5.74, 6) is -1.64. The van der Waals surface area contributed by atoms with E-state index in [9.17, 15) is 14.3 Å². The number of hydrogen-bond donors (Lipinski definition) is 1. The van der Waals surface area contributed by atoms with Crippen LogP contribution >= 0.6 is 22.9 Å². The van der Waals surface area contributed by atoms with Crippen molar-refractivity contribution in [3.05, 3.63) is 64.5 Å². The number of thiazole rings is 1. The number of nitrogens with zero attached hydrogens (tertiary/aromatic N) is 3. The third kappa shape index (κ3) is 2.67. The molecule has 0 aliphatic rings. The fraction of sp³-hybridized carbons (Fsp3) is 0. The number of carboxylic acid groups (broad SMARTS) is 1. The van der Waals surface area contributed by atoms with Crippen LogP contribution in [0.4, 0.5) is 4.39 Å². The Balaban J connectivity index is 1.93. The van der Waals surface area contributed by atoms with E-state index in [1.165, 1.54) is 18.5 Å². The van der Waals surface area contributed by atoms with Crippen LogP contribution in [0.15, 0.2) is 48.8 Å². The van der Waals surface area contributed by atoms with Crippen molar-refractivity contribution >= 4 is 39.9 Å². The fourth-order valence-corrected chi connectivity index (χ4v) is 3.57. The highest BCUT2D eigenvalue weighted by molar-refractivity contribution is 7.16. The van der Waals surface area contributed by atoms with Gasteiger partial charge in [-0.15, -0.1) is 0 Å². The number of hydrogen-bond acceptors (Lipinski definition) is 4. The number of aromatic carboxylic acids is 1. The molecule has 2 aromatic carbocycles. The summed E-state index contributed by atoms with van der Waals surface area (Å²) >= 11 is 6.78. The highest BCUT2D eigenvalue weighted by Gasteiger charge is 2.21. The van der Waals surface area contributed by atoms with Crippen LogP contribution in [-0.2, 0) is 0 Å². The van der Waals surface area contributed by atoms with Gasteiger partial charge in [-0.05, 0) is 6.07 Å². The zero-order valence-corrected chi connectivity index (χ0v) is 14.1. The van der Waals surface area contributed by atoms with Gasteiger partial charge in [-0.3, -0.25) is 4.57 Å². The lowest BCUT2D eigenvalue weighted by atomic mass is 10.1. The molecule has 0 amide bonds. The van der Waals surface area contributed by atoms with Gasteiger partial charge in [0.05, 0.1) is 21.7 Å². The molecule has 4 rings (SSSR count). The van der Waals surface area contributed by atoms with Gasteiger partial charge in [-0.25, -0.2) is 19.2 Å². The maximum atomic E-state index is 13.8. The Morgan fingerprint density at radius 1 is 1.24 bits per heavy atom. The summed E-state index contributed by atoms with van der Waals surface area (Å²) in [6.07, 6.45) is 1.47. The van der Waals surface area contributed by atoms with Crippen molar-refractivity contribution in [1.29, 1.82) is 0 Å². The van der Waals surface area contributed by atoms with Gasteiger partial charge in [0.15, 0.2) is 5.13 Å². The largest absolute Gasteiger partial charge is 0.477 e. The van der Waals surface area contributed by atoms with E-state index in [2.05, 4.69) is 9.97 Å². The zero-order chi connectivity index (χ0) is 17.6. The summed E-state index contributed by atoms with van der Waals surface area (Å²) in [7, 11) is 0. The van der Waals surface area contributed by atoms with Crippen LogP contribution in [0.3, 0.4) is 0 Å². The number of fused-ring (bicyclic) bond motifs is 1. The maximum absolute atomic E-state index is 13.8. The average Bonchev–Trinajstić information content (AvgIpc) is 3.20. The number of carbonyl (C=O) groups is 1. The molecule has 2 heterocycles. The minimum Gasteiger partial charge on any atom is -0.477 e. The van der Waals surface area contributed by atoms with Crippen molar-refractivity contribution in [2.75, 3.05) is 0 Å². The molecule has 0 atom stereocenters. The molecule has 0 saturated carbocycles. The highest BCUT2D eigenvalue weighted by Crippen LogP contribution is 2.32. The molecule has 25 heavy (non-hydrogen) atoms. The van der Waals surface area contributed by atoms with Crippen molar-refractivity contribution in [3.63, 3.8) is 0 Å². The first-order chi connectivity index (χ1) is 12.0. The Bertz CT molecular complexity index is 1110. The Kier molecular flexibility index (Phi) is 3.74. The van der Waals surface area contributed by atoms with Crippen molar-refractivity contribution in [3.8, 4) is 16.4 Å². The Labute approximate surface area is 150 Å². The van der Waals surface area contributed by atoms with Gasteiger partial charge in [0, 0.05) is 11.6 Å². The number of benzene rings is 2. The van der Waals surface area contributed by atoms with Crippen LogP contribution in [0.2, 0.25) is 5.02 Å². The minimum absolute atomic E-state index is 0.0203. The Morgan fingerprint density at radius 2 is 2.00 bits per heavy atom. The summed E-state index contributed by atoms with van der Waals surface area (Å²) in [6, 6.07) is 11.7. The summed E-state index contributed by atoms with van der Waals surface area (Å²) in [5, 5.41) is 9.87. The first kappa shape index (κ1) is 15.7. The van der Waals surface area contributed by atoms with Crippen LogP contribution in [0, 0.1) is 5.82 Å². The predicted octanol–water partition coefficient (Wildman–Crippen LogP) is 4.64. The smallest absolute Gasteiger partial charge is 0.348 e. The van der Waals surface area contributed by atoms with Crippen molar-refractivity contribution in [2.45, 2.75) is 0 Å². The number of halogens is 2. The van der Waals surface area contributed by atoms with Crippen molar-refractivity contribution in [2.24, 2.45) is 0 Å². The van der Waals surface area contributed by atoms with Crippen LogP contribution in [-0.4, -0.2) is 25.6 Å². The van der Waals surface area contributed by atoms with Gasteiger partial charge in [-0.2, -0.15) is 0 Å². The van der Waals surface area contributed by atoms with Gasteiger partial charge < -0.3 is 5.11 Å². The minimum atomic E-state index is -1.07. The van der Waals surface area contributed by atoms with Gasteiger partial charge >= 0.3 is 5.97 Å². The molecule has 0 unspecified atom stereocenters. The van der Waals surface area contributed by atoms with E-state index in [1.807, 2.05) is 18.2 Å². The molecule has 124 valence electrons. The fourth-order valence-electron chi connectivity index (χ4n) is 2.51. The van der Waals surface area contributed by atoms with E-state index in [0.29, 0.717) is 27.4 Å². The molecule has 1 N–H and O–H groups in total. The number of imidazole rings is 1. The molecule has 2 aromatic heterocycles. The molecular weight excluding hydrogens is 365 g/mol. The molecule has 0 radical (unpaired) electrons. The average molecular weight is 374 g/mol. The lowest BCUT2D eigenvalue weighted by molar-refractivity contribution is 0.0702. The molecule has 0 aliphatic heterocycles. The monoisotopic (exact) mass is 373 g/mol. The molecule has 0 fully saturated rings. The second-order valence-corrected chi connectivity index (χ2v) is 6.60. The highest BCUT2D eigenvalue weighted by atomic mass is 35.5. The van der Waals surface area contributed by atoms with E-state index >= 15 is 0 Å². The van der Waals surface area contributed by atoms with Crippen LogP contribution in [0.25, 0.3) is 27.4 Å². The van der Waals surface area contributed by atoms with E-state index in [1.54, 1.807) is 16.7 Å². The molecule has 8 heteroatoms. The molecule has 4 aromatic rings. The van der Waals surface area contributed by atoms with E-state index in [-0.39, 0.29) is 9.90 Å². The van der Waals surface area contributed by atoms with E-state index in [4.69, 9.17) is 11.6 Å². The molecule has 5 nitrogen and oxygen atoms in total. The van der Waals surface area contributed by atoms with E-state index in [0.717, 1.165) is 11.3 Å². The summed E-state index contributed by atoms with van der Waals surface area (Å²) in [6.45, 7) is 0. The predicted molar refractivity (Wildman–Crippen MR) is 94.1 cm³/mol. The lowest BCUT2D eigenvalue weighted by Gasteiger charge is -2.00. The summed E-state index contributed by atoms with van der Waals surface area (Å²) in [5.41, 5.74) is 2.03.